The Bertz CT molecular complexity index is 270. The molecule has 0 aliphatic heterocycles. The molecule has 0 amide bonds. The summed E-state index contributed by atoms with van der Waals surface area (Å²) in [5, 5.41) is 3.92. The summed E-state index contributed by atoms with van der Waals surface area (Å²) < 4.78 is 1.66. The Hall–Kier alpha value is -1.50. The standard InChI is InChI=1S/C7H10N4/c1-3-4-6(2)11-5-9-7(8)10-11/h1,5-6H,4H2,2H3,(H2,8,10). The second-order valence-corrected chi connectivity index (χ2v) is 2.34. The molecule has 1 rings (SSSR count). The summed E-state index contributed by atoms with van der Waals surface area (Å²) in [5.41, 5.74) is 5.32. The molecular weight excluding hydrogens is 140 g/mol. The number of nitrogen functional groups attached to an aromatic ring is 1. The maximum absolute atomic E-state index is 5.32. The van der Waals surface area contributed by atoms with Crippen molar-refractivity contribution in [2.75, 3.05) is 5.73 Å². The number of anilines is 1. The van der Waals surface area contributed by atoms with E-state index >= 15 is 0 Å². The molecule has 0 aliphatic rings. The normalized spacial score (nSPS) is 12.4. The van der Waals surface area contributed by atoms with Crippen molar-refractivity contribution in [2.24, 2.45) is 0 Å². The van der Waals surface area contributed by atoms with Crippen molar-refractivity contribution >= 4 is 5.95 Å². The number of aromatic nitrogens is 3. The van der Waals surface area contributed by atoms with Crippen LogP contribution in [-0.4, -0.2) is 14.8 Å². The van der Waals surface area contributed by atoms with Crippen LogP contribution in [0.2, 0.25) is 0 Å². The van der Waals surface area contributed by atoms with Gasteiger partial charge in [0.25, 0.3) is 0 Å². The van der Waals surface area contributed by atoms with Gasteiger partial charge in [-0.2, -0.15) is 0 Å². The van der Waals surface area contributed by atoms with Crippen molar-refractivity contribution in [1.29, 1.82) is 0 Å². The number of hydrogen-bond donors (Lipinski definition) is 1. The molecule has 1 aromatic rings. The summed E-state index contributed by atoms with van der Waals surface area (Å²) in [6.45, 7) is 1.97. The minimum atomic E-state index is 0.171. The zero-order chi connectivity index (χ0) is 8.27. The predicted molar refractivity (Wildman–Crippen MR) is 42.6 cm³/mol. The van der Waals surface area contributed by atoms with Crippen molar-refractivity contribution in [3.05, 3.63) is 6.33 Å². The second kappa shape index (κ2) is 3.06. The van der Waals surface area contributed by atoms with Crippen molar-refractivity contribution in [3.8, 4) is 12.3 Å². The molecule has 1 heterocycles. The number of rotatable bonds is 2. The van der Waals surface area contributed by atoms with Gasteiger partial charge in [0.2, 0.25) is 5.95 Å². The van der Waals surface area contributed by atoms with Crippen LogP contribution in [0.3, 0.4) is 0 Å². The van der Waals surface area contributed by atoms with Crippen LogP contribution in [0.1, 0.15) is 19.4 Å². The molecule has 0 saturated carbocycles. The van der Waals surface area contributed by atoms with E-state index < -0.39 is 0 Å². The Balaban J connectivity index is 2.70. The molecule has 4 nitrogen and oxygen atoms in total. The van der Waals surface area contributed by atoms with Gasteiger partial charge in [-0.3, -0.25) is 0 Å². The number of nitrogens with two attached hydrogens (primary N) is 1. The van der Waals surface area contributed by atoms with E-state index in [-0.39, 0.29) is 12.0 Å². The lowest BCUT2D eigenvalue weighted by Crippen LogP contribution is -2.05. The van der Waals surface area contributed by atoms with Crippen LogP contribution >= 0.6 is 0 Å². The van der Waals surface area contributed by atoms with E-state index in [1.54, 1.807) is 11.0 Å². The third kappa shape index (κ3) is 1.71. The molecular formula is C7H10N4. The van der Waals surface area contributed by atoms with E-state index in [4.69, 9.17) is 12.2 Å². The molecule has 0 radical (unpaired) electrons. The van der Waals surface area contributed by atoms with E-state index in [0.29, 0.717) is 6.42 Å². The molecule has 0 spiro atoms. The van der Waals surface area contributed by atoms with E-state index in [9.17, 15) is 0 Å². The van der Waals surface area contributed by atoms with Gasteiger partial charge in [0.15, 0.2) is 0 Å². The molecule has 0 bridgehead atoms. The molecule has 1 aromatic heterocycles. The lowest BCUT2D eigenvalue weighted by atomic mass is 10.2. The maximum Gasteiger partial charge on any atom is 0.239 e. The first kappa shape index (κ1) is 7.61. The van der Waals surface area contributed by atoms with Gasteiger partial charge in [-0.25, -0.2) is 9.67 Å². The Labute approximate surface area is 65.4 Å². The van der Waals surface area contributed by atoms with Crippen molar-refractivity contribution in [2.45, 2.75) is 19.4 Å². The maximum atomic E-state index is 5.32. The third-order valence-corrected chi connectivity index (χ3v) is 1.39. The van der Waals surface area contributed by atoms with Crippen LogP contribution in [0.15, 0.2) is 6.33 Å². The van der Waals surface area contributed by atoms with Crippen LogP contribution in [0.4, 0.5) is 5.95 Å². The van der Waals surface area contributed by atoms with Gasteiger partial charge in [-0.1, -0.05) is 0 Å². The highest BCUT2D eigenvalue weighted by Crippen LogP contribution is 2.07. The Kier molecular flexibility index (Phi) is 2.12. The van der Waals surface area contributed by atoms with E-state index in [2.05, 4.69) is 16.0 Å². The minimum Gasteiger partial charge on any atom is -0.367 e. The average molecular weight is 150 g/mol. The average Bonchev–Trinajstić information content (AvgIpc) is 2.36. The highest BCUT2D eigenvalue weighted by molar-refractivity contribution is 5.09. The first-order chi connectivity index (χ1) is 5.24. The lowest BCUT2D eigenvalue weighted by Gasteiger charge is -2.05. The van der Waals surface area contributed by atoms with Crippen LogP contribution in [0, 0.1) is 12.3 Å². The van der Waals surface area contributed by atoms with Crippen LogP contribution in [-0.2, 0) is 0 Å². The first-order valence-corrected chi connectivity index (χ1v) is 3.34. The van der Waals surface area contributed by atoms with Crippen molar-refractivity contribution < 1.29 is 0 Å². The minimum absolute atomic E-state index is 0.171. The zero-order valence-electron chi connectivity index (χ0n) is 6.36. The summed E-state index contributed by atoms with van der Waals surface area (Å²) in [4.78, 5) is 3.78. The van der Waals surface area contributed by atoms with E-state index in [1.807, 2.05) is 6.92 Å². The number of hydrogen-bond acceptors (Lipinski definition) is 3. The number of nitrogens with zero attached hydrogens (tertiary/aromatic N) is 3. The van der Waals surface area contributed by atoms with Gasteiger partial charge in [0.05, 0.1) is 6.04 Å². The highest BCUT2D eigenvalue weighted by Gasteiger charge is 2.03. The summed E-state index contributed by atoms with van der Waals surface area (Å²) in [7, 11) is 0. The lowest BCUT2D eigenvalue weighted by molar-refractivity contribution is 0.502. The number of terminal acetylenes is 1. The van der Waals surface area contributed by atoms with E-state index in [0.717, 1.165) is 0 Å². The fourth-order valence-corrected chi connectivity index (χ4v) is 0.765. The summed E-state index contributed by atoms with van der Waals surface area (Å²) in [6, 6.07) is 0.171. The molecule has 2 N–H and O–H groups in total. The largest absolute Gasteiger partial charge is 0.367 e. The van der Waals surface area contributed by atoms with Gasteiger partial charge in [0, 0.05) is 6.42 Å². The van der Waals surface area contributed by atoms with Crippen LogP contribution in [0.25, 0.3) is 0 Å². The van der Waals surface area contributed by atoms with Crippen molar-refractivity contribution in [1.82, 2.24) is 14.8 Å². The topological polar surface area (TPSA) is 56.7 Å². The third-order valence-electron chi connectivity index (χ3n) is 1.39. The molecule has 0 aromatic carbocycles. The summed E-state index contributed by atoms with van der Waals surface area (Å²) in [6.07, 6.45) is 7.35. The molecule has 58 valence electrons. The summed E-state index contributed by atoms with van der Waals surface area (Å²) in [5.74, 6) is 2.83. The second-order valence-electron chi connectivity index (χ2n) is 2.34. The van der Waals surface area contributed by atoms with Gasteiger partial charge in [-0.05, 0) is 6.92 Å². The first-order valence-electron chi connectivity index (χ1n) is 3.34. The van der Waals surface area contributed by atoms with Crippen LogP contribution < -0.4 is 5.73 Å². The van der Waals surface area contributed by atoms with Gasteiger partial charge in [0.1, 0.15) is 6.33 Å². The van der Waals surface area contributed by atoms with Crippen molar-refractivity contribution in [3.63, 3.8) is 0 Å². The summed E-state index contributed by atoms with van der Waals surface area (Å²) >= 11 is 0. The molecule has 4 heteroatoms. The van der Waals surface area contributed by atoms with Gasteiger partial charge < -0.3 is 5.73 Å². The quantitative estimate of drug-likeness (QED) is 0.622. The predicted octanol–water partition coefficient (Wildman–Crippen LogP) is 0.445. The highest BCUT2D eigenvalue weighted by atomic mass is 15.4. The Morgan fingerprint density at radius 2 is 2.64 bits per heavy atom. The smallest absolute Gasteiger partial charge is 0.239 e. The Morgan fingerprint density at radius 1 is 1.91 bits per heavy atom. The fraction of sp³-hybridized carbons (Fsp3) is 0.429. The Morgan fingerprint density at radius 3 is 3.09 bits per heavy atom. The molecule has 0 saturated heterocycles. The van der Waals surface area contributed by atoms with E-state index in [1.165, 1.54) is 0 Å². The monoisotopic (exact) mass is 150 g/mol. The zero-order valence-corrected chi connectivity index (χ0v) is 6.36. The van der Waals surface area contributed by atoms with Gasteiger partial charge >= 0.3 is 0 Å². The fourth-order valence-electron chi connectivity index (χ4n) is 0.765. The molecule has 1 atom stereocenters. The molecule has 11 heavy (non-hydrogen) atoms. The molecule has 1 unspecified atom stereocenters. The SMILES string of the molecule is C#CCC(C)n1cnc(N)n1. The van der Waals surface area contributed by atoms with Crippen LogP contribution in [0.5, 0.6) is 0 Å². The molecule has 0 fully saturated rings. The van der Waals surface area contributed by atoms with Gasteiger partial charge in [-0.15, -0.1) is 17.4 Å². The molecule has 0 aliphatic carbocycles.